The minimum atomic E-state index is 0.721. The van der Waals surface area contributed by atoms with E-state index in [0.29, 0.717) is 0 Å². The summed E-state index contributed by atoms with van der Waals surface area (Å²) in [6, 6.07) is 32.0. The third-order valence-electron chi connectivity index (χ3n) is 6.13. The molecule has 0 radical (unpaired) electrons. The van der Waals surface area contributed by atoms with Gasteiger partial charge < -0.3 is 4.42 Å². The van der Waals surface area contributed by atoms with Crippen LogP contribution in [0.2, 0.25) is 5.02 Å². The van der Waals surface area contributed by atoms with Crippen LogP contribution < -0.4 is 0 Å². The average Bonchev–Trinajstić information content (AvgIpc) is 3.36. The maximum atomic E-state index is 6.31. The lowest BCUT2D eigenvalue weighted by Gasteiger charge is -2.09. The van der Waals surface area contributed by atoms with Gasteiger partial charge in [-0.25, -0.2) is 0 Å². The molecule has 0 saturated carbocycles. The van der Waals surface area contributed by atoms with Crippen LogP contribution in [0.25, 0.3) is 64.0 Å². The molecule has 146 valence electrons. The van der Waals surface area contributed by atoms with Crippen LogP contribution in [0, 0.1) is 0 Å². The fraction of sp³-hybridized carbons (Fsp3) is 0. The molecule has 0 aliphatic rings. The second-order valence-electron chi connectivity index (χ2n) is 7.89. The lowest BCUT2D eigenvalue weighted by molar-refractivity contribution is 0.669. The molecule has 7 rings (SSSR count). The number of thiophene rings is 1. The number of benzene rings is 5. The standard InChI is InChI=1S/C28H15ClOS/c29-17-10-11-24-23(14-17)28-20-7-2-1-5-18(20)21(15-25(28)30-24)16-9-12-27-22(13-16)19-6-3-4-8-26(19)31-27/h1-15H. The molecule has 0 atom stereocenters. The highest BCUT2D eigenvalue weighted by Gasteiger charge is 2.16. The summed E-state index contributed by atoms with van der Waals surface area (Å²) in [6.07, 6.45) is 0. The van der Waals surface area contributed by atoms with E-state index in [1.165, 1.54) is 42.1 Å². The van der Waals surface area contributed by atoms with E-state index in [-0.39, 0.29) is 0 Å². The molecule has 0 unspecified atom stereocenters. The molecule has 5 aromatic carbocycles. The summed E-state index contributed by atoms with van der Waals surface area (Å²) >= 11 is 8.15. The Labute approximate surface area is 187 Å². The Balaban J connectivity index is 1.60. The van der Waals surface area contributed by atoms with E-state index in [4.69, 9.17) is 16.0 Å². The van der Waals surface area contributed by atoms with Gasteiger partial charge in [0.2, 0.25) is 0 Å². The third kappa shape index (κ3) is 2.49. The van der Waals surface area contributed by atoms with Crippen molar-refractivity contribution in [1.82, 2.24) is 0 Å². The van der Waals surface area contributed by atoms with E-state index in [1.807, 2.05) is 29.5 Å². The van der Waals surface area contributed by atoms with Gasteiger partial charge in [0.15, 0.2) is 0 Å². The van der Waals surface area contributed by atoms with E-state index < -0.39 is 0 Å². The number of rotatable bonds is 1. The van der Waals surface area contributed by atoms with Gasteiger partial charge in [-0.05, 0) is 64.4 Å². The summed E-state index contributed by atoms with van der Waals surface area (Å²) in [5.74, 6) is 0. The molecule has 0 amide bonds. The summed E-state index contributed by atoms with van der Waals surface area (Å²) < 4.78 is 8.90. The first kappa shape index (κ1) is 17.4. The van der Waals surface area contributed by atoms with Gasteiger partial charge in [-0.2, -0.15) is 0 Å². The Hall–Kier alpha value is -3.33. The first-order valence-corrected chi connectivity index (χ1v) is 11.4. The zero-order valence-corrected chi connectivity index (χ0v) is 17.9. The van der Waals surface area contributed by atoms with Crippen LogP contribution in [0.1, 0.15) is 0 Å². The second kappa shape index (κ2) is 6.34. The number of halogens is 1. The molecule has 0 saturated heterocycles. The molecule has 3 heteroatoms. The van der Waals surface area contributed by atoms with Crippen molar-refractivity contribution in [3.63, 3.8) is 0 Å². The Morgan fingerprint density at radius 3 is 2.26 bits per heavy atom. The monoisotopic (exact) mass is 434 g/mol. The number of hydrogen-bond donors (Lipinski definition) is 0. The van der Waals surface area contributed by atoms with E-state index in [0.717, 1.165) is 27.0 Å². The molecular formula is C28H15ClOS. The minimum Gasteiger partial charge on any atom is -0.456 e. The summed E-state index contributed by atoms with van der Waals surface area (Å²) in [6.45, 7) is 0. The Bertz CT molecular complexity index is 1810. The van der Waals surface area contributed by atoms with E-state index in [9.17, 15) is 0 Å². The molecule has 0 fully saturated rings. The molecule has 1 nitrogen and oxygen atoms in total. The normalized spacial score (nSPS) is 12.0. The quantitative estimate of drug-likeness (QED) is 0.251. The maximum Gasteiger partial charge on any atom is 0.136 e. The highest BCUT2D eigenvalue weighted by molar-refractivity contribution is 7.25. The largest absolute Gasteiger partial charge is 0.456 e. The van der Waals surface area contributed by atoms with Crippen LogP contribution in [-0.2, 0) is 0 Å². The van der Waals surface area contributed by atoms with Crippen LogP contribution in [0.4, 0.5) is 0 Å². The SMILES string of the molecule is Clc1ccc2oc3cc(-c4ccc5sc6ccccc6c5c4)c4ccccc4c3c2c1. The summed E-state index contributed by atoms with van der Waals surface area (Å²) in [7, 11) is 0. The average molecular weight is 435 g/mol. The lowest BCUT2D eigenvalue weighted by Crippen LogP contribution is -1.83. The predicted octanol–water partition coefficient (Wildman–Crippen LogP) is 9.43. The van der Waals surface area contributed by atoms with Gasteiger partial charge in [-0.15, -0.1) is 11.3 Å². The second-order valence-corrected chi connectivity index (χ2v) is 9.41. The summed E-state index contributed by atoms with van der Waals surface area (Å²) in [5, 5.41) is 7.93. The van der Waals surface area contributed by atoms with Gasteiger partial charge in [0, 0.05) is 36.0 Å². The van der Waals surface area contributed by atoms with Gasteiger partial charge in [0.25, 0.3) is 0 Å². The molecule has 0 N–H and O–H groups in total. The van der Waals surface area contributed by atoms with Gasteiger partial charge >= 0.3 is 0 Å². The van der Waals surface area contributed by atoms with Crippen LogP contribution in [0.3, 0.4) is 0 Å². The lowest BCUT2D eigenvalue weighted by atomic mass is 9.94. The fourth-order valence-electron chi connectivity index (χ4n) is 4.75. The zero-order chi connectivity index (χ0) is 20.5. The molecule has 7 aromatic rings. The van der Waals surface area contributed by atoms with Gasteiger partial charge in [-0.3, -0.25) is 0 Å². The molecule has 0 aliphatic heterocycles. The van der Waals surface area contributed by atoms with E-state index >= 15 is 0 Å². The third-order valence-corrected chi connectivity index (χ3v) is 7.51. The summed E-state index contributed by atoms with van der Waals surface area (Å²) in [5.41, 5.74) is 4.14. The van der Waals surface area contributed by atoms with Crippen LogP contribution >= 0.6 is 22.9 Å². The number of furan rings is 1. The topological polar surface area (TPSA) is 13.1 Å². The van der Waals surface area contributed by atoms with Crippen LogP contribution in [0.5, 0.6) is 0 Å². The van der Waals surface area contributed by atoms with E-state index in [1.54, 1.807) is 0 Å². The number of fused-ring (bicyclic) bond motifs is 8. The molecule has 2 heterocycles. The van der Waals surface area contributed by atoms with Crippen molar-refractivity contribution in [1.29, 1.82) is 0 Å². The molecule has 0 bridgehead atoms. The predicted molar refractivity (Wildman–Crippen MR) is 135 cm³/mol. The first-order valence-electron chi connectivity index (χ1n) is 10.2. The Morgan fingerprint density at radius 1 is 0.581 bits per heavy atom. The first-order chi connectivity index (χ1) is 15.3. The van der Waals surface area contributed by atoms with Crippen molar-refractivity contribution in [2.24, 2.45) is 0 Å². The van der Waals surface area contributed by atoms with E-state index in [2.05, 4.69) is 72.8 Å². The van der Waals surface area contributed by atoms with Gasteiger partial charge in [0.1, 0.15) is 11.2 Å². The maximum absolute atomic E-state index is 6.31. The van der Waals surface area contributed by atoms with Crippen molar-refractivity contribution < 1.29 is 4.42 Å². The van der Waals surface area contributed by atoms with Crippen molar-refractivity contribution in [2.75, 3.05) is 0 Å². The fourth-order valence-corrected chi connectivity index (χ4v) is 6.00. The minimum absolute atomic E-state index is 0.721. The number of hydrogen-bond acceptors (Lipinski definition) is 2. The molecule has 31 heavy (non-hydrogen) atoms. The molecule has 0 aliphatic carbocycles. The van der Waals surface area contributed by atoms with Crippen molar-refractivity contribution in [3.8, 4) is 11.1 Å². The Kier molecular flexibility index (Phi) is 3.55. The van der Waals surface area contributed by atoms with Crippen molar-refractivity contribution in [3.05, 3.63) is 96.0 Å². The Morgan fingerprint density at radius 2 is 1.35 bits per heavy atom. The van der Waals surface area contributed by atoms with Crippen molar-refractivity contribution in [2.45, 2.75) is 0 Å². The highest BCUT2D eigenvalue weighted by atomic mass is 35.5. The highest BCUT2D eigenvalue weighted by Crippen LogP contribution is 2.42. The molecule has 0 spiro atoms. The van der Waals surface area contributed by atoms with Crippen LogP contribution in [-0.4, -0.2) is 0 Å². The van der Waals surface area contributed by atoms with Gasteiger partial charge in [0.05, 0.1) is 0 Å². The summed E-state index contributed by atoms with van der Waals surface area (Å²) in [4.78, 5) is 0. The van der Waals surface area contributed by atoms with Gasteiger partial charge in [-0.1, -0.05) is 60.1 Å². The molecular weight excluding hydrogens is 420 g/mol. The van der Waals surface area contributed by atoms with Crippen molar-refractivity contribution >= 4 is 75.8 Å². The zero-order valence-electron chi connectivity index (χ0n) is 16.4. The molecule has 2 aromatic heterocycles. The smallest absolute Gasteiger partial charge is 0.136 e. The van der Waals surface area contributed by atoms with Crippen LogP contribution in [0.15, 0.2) is 95.4 Å².